The van der Waals surface area contributed by atoms with Crippen molar-refractivity contribution in [1.82, 2.24) is 9.88 Å². The van der Waals surface area contributed by atoms with Gasteiger partial charge in [-0.3, -0.25) is 4.79 Å². The second-order valence-corrected chi connectivity index (χ2v) is 4.89. The van der Waals surface area contributed by atoms with Gasteiger partial charge in [0.2, 0.25) is 0 Å². The lowest BCUT2D eigenvalue weighted by molar-refractivity contribution is 0.00329. The molecule has 1 aliphatic rings. The van der Waals surface area contributed by atoms with Crippen LogP contribution in [-0.2, 0) is 4.74 Å². The quantitative estimate of drug-likeness (QED) is 0.922. The standard InChI is InChI=1S/C13H18ClN3O2/c1-3-15-11-5-4-10(14)12(16-11)13(18)17-6-7-19-8-9(17)2/h4-5,9H,3,6-8H2,1-2H3,(H,15,16). The number of anilines is 1. The Morgan fingerprint density at radius 1 is 1.63 bits per heavy atom. The summed E-state index contributed by atoms with van der Waals surface area (Å²) in [5.74, 6) is 0.525. The van der Waals surface area contributed by atoms with Gasteiger partial charge in [-0.05, 0) is 26.0 Å². The van der Waals surface area contributed by atoms with Gasteiger partial charge >= 0.3 is 0 Å². The number of halogens is 1. The number of carbonyl (C=O) groups excluding carboxylic acids is 1. The number of nitrogens with zero attached hydrogens (tertiary/aromatic N) is 2. The Bertz CT molecular complexity index is 467. The molecule has 1 atom stereocenters. The molecule has 0 aromatic carbocycles. The Labute approximate surface area is 117 Å². The zero-order valence-corrected chi connectivity index (χ0v) is 11.9. The van der Waals surface area contributed by atoms with E-state index in [0.717, 1.165) is 6.54 Å². The van der Waals surface area contributed by atoms with Crippen molar-refractivity contribution < 1.29 is 9.53 Å². The minimum Gasteiger partial charge on any atom is -0.377 e. The van der Waals surface area contributed by atoms with Crippen LogP contribution in [0.4, 0.5) is 5.82 Å². The first-order valence-electron chi connectivity index (χ1n) is 6.42. The number of ether oxygens (including phenoxy) is 1. The van der Waals surface area contributed by atoms with E-state index in [0.29, 0.717) is 36.3 Å². The number of hydrogen-bond donors (Lipinski definition) is 1. The van der Waals surface area contributed by atoms with Crippen LogP contribution in [0.3, 0.4) is 0 Å². The highest BCUT2D eigenvalue weighted by atomic mass is 35.5. The summed E-state index contributed by atoms with van der Waals surface area (Å²) in [6.45, 7) is 6.36. The van der Waals surface area contributed by atoms with Crippen LogP contribution >= 0.6 is 11.6 Å². The zero-order valence-electron chi connectivity index (χ0n) is 11.1. The number of rotatable bonds is 3. The van der Waals surface area contributed by atoms with Crippen LogP contribution in [0.1, 0.15) is 24.3 Å². The minimum absolute atomic E-state index is 0.0434. The maximum absolute atomic E-state index is 12.5. The molecule has 2 rings (SSSR count). The Morgan fingerprint density at radius 2 is 2.42 bits per heavy atom. The fraction of sp³-hybridized carbons (Fsp3) is 0.538. The van der Waals surface area contributed by atoms with E-state index >= 15 is 0 Å². The first-order chi connectivity index (χ1) is 9.13. The van der Waals surface area contributed by atoms with E-state index < -0.39 is 0 Å². The summed E-state index contributed by atoms with van der Waals surface area (Å²) in [4.78, 5) is 18.5. The lowest BCUT2D eigenvalue weighted by Gasteiger charge is -2.33. The van der Waals surface area contributed by atoms with Gasteiger partial charge in [0.15, 0.2) is 0 Å². The van der Waals surface area contributed by atoms with Gasteiger partial charge in [0, 0.05) is 13.1 Å². The molecule has 5 nitrogen and oxygen atoms in total. The van der Waals surface area contributed by atoms with Crippen LogP contribution in [0.5, 0.6) is 0 Å². The SMILES string of the molecule is CCNc1ccc(Cl)c(C(=O)N2CCOCC2C)n1. The van der Waals surface area contributed by atoms with E-state index in [1.807, 2.05) is 13.8 Å². The minimum atomic E-state index is -0.138. The molecule has 0 aliphatic carbocycles. The van der Waals surface area contributed by atoms with Crippen molar-refractivity contribution in [3.63, 3.8) is 0 Å². The first kappa shape index (κ1) is 14.1. The van der Waals surface area contributed by atoms with Crippen molar-refractivity contribution >= 4 is 23.3 Å². The second-order valence-electron chi connectivity index (χ2n) is 4.48. The molecule has 1 amide bonds. The summed E-state index contributed by atoms with van der Waals surface area (Å²) in [6, 6.07) is 3.51. The van der Waals surface area contributed by atoms with E-state index in [2.05, 4.69) is 10.3 Å². The first-order valence-corrected chi connectivity index (χ1v) is 6.80. The van der Waals surface area contributed by atoms with Gasteiger partial charge in [0.05, 0.1) is 24.3 Å². The van der Waals surface area contributed by atoms with Crippen molar-refractivity contribution in [3.05, 3.63) is 22.8 Å². The lowest BCUT2D eigenvalue weighted by Crippen LogP contribution is -2.47. The summed E-state index contributed by atoms with van der Waals surface area (Å²) in [7, 11) is 0. The van der Waals surface area contributed by atoms with Gasteiger partial charge in [0.1, 0.15) is 11.5 Å². The lowest BCUT2D eigenvalue weighted by atomic mass is 10.2. The van der Waals surface area contributed by atoms with Gasteiger partial charge in [-0.2, -0.15) is 0 Å². The molecule has 19 heavy (non-hydrogen) atoms. The predicted octanol–water partition coefficient (Wildman–Crippen LogP) is 2.03. The van der Waals surface area contributed by atoms with Gasteiger partial charge in [-0.15, -0.1) is 0 Å². The number of hydrogen-bond acceptors (Lipinski definition) is 4. The van der Waals surface area contributed by atoms with Crippen LogP contribution in [0, 0.1) is 0 Å². The fourth-order valence-corrected chi connectivity index (χ4v) is 2.22. The molecule has 1 aliphatic heterocycles. The number of pyridine rings is 1. The molecule has 0 saturated carbocycles. The molecule has 6 heteroatoms. The van der Waals surface area contributed by atoms with Crippen molar-refractivity contribution in [2.75, 3.05) is 31.6 Å². The van der Waals surface area contributed by atoms with Crippen LogP contribution in [-0.4, -0.2) is 48.1 Å². The molecular weight excluding hydrogens is 266 g/mol. The predicted molar refractivity (Wildman–Crippen MR) is 74.7 cm³/mol. The molecule has 1 aromatic rings. The van der Waals surface area contributed by atoms with Crippen LogP contribution in [0.15, 0.2) is 12.1 Å². The third kappa shape index (κ3) is 3.16. The Hall–Kier alpha value is -1.33. The number of carbonyl (C=O) groups is 1. The van der Waals surface area contributed by atoms with Crippen LogP contribution in [0.25, 0.3) is 0 Å². The average Bonchev–Trinajstić information content (AvgIpc) is 2.41. The molecule has 1 N–H and O–H groups in total. The molecule has 1 fully saturated rings. The van der Waals surface area contributed by atoms with Crippen molar-refractivity contribution in [3.8, 4) is 0 Å². The summed E-state index contributed by atoms with van der Waals surface area (Å²) in [6.07, 6.45) is 0. The second kappa shape index (κ2) is 6.21. The molecular formula is C13H18ClN3O2. The fourth-order valence-electron chi connectivity index (χ4n) is 2.04. The van der Waals surface area contributed by atoms with Gasteiger partial charge in [-0.25, -0.2) is 4.98 Å². The third-order valence-electron chi connectivity index (χ3n) is 3.03. The highest BCUT2D eigenvalue weighted by Crippen LogP contribution is 2.20. The van der Waals surface area contributed by atoms with Crippen molar-refractivity contribution in [2.24, 2.45) is 0 Å². The van der Waals surface area contributed by atoms with Crippen LogP contribution < -0.4 is 5.32 Å². The smallest absolute Gasteiger partial charge is 0.274 e. The van der Waals surface area contributed by atoms with E-state index in [9.17, 15) is 4.79 Å². The van der Waals surface area contributed by atoms with Crippen molar-refractivity contribution in [2.45, 2.75) is 19.9 Å². The zero-order chi connectivity index (χ0) is 13.8. The molecule has 104 valence electrons. The molecule has 1 aromatic heterocycles. The number of amides is 1. The molecule has 0 radical (unpaired) electrons. The largest absolute Gasteiger partial charge is 0.377 e. The van der Waals surface area contributed by atoms with Gasteiger partial charge < -0.3 is 15.0 Å². The Balaban J connectivity index is 2.24. The van der Waals surface area contributed by atoms with Crippen molar-refractivity contribution in [1.29, 1.82) is 0 Å². The Morgan fingerprint density at radius 3 is 3.11 bits per heavy atom. The Kier molecular flexibility index (Phi) is 4.61. The van der Waals surface area contributed by atoms with E-state index in [1.54, 1.807) is 17.0 Å². The summed E-state index contributed by atoms with van der Waals surface area (Å²) in [5.41, 5.74) is 0.300. The van der Waals surface area contributed by atoms with E-state index in [1.165, 1.54) is 0 Å². The monoisotopic (exact) mass is 283 g/mol. The topological polar surface area (TPSA) is 54.5 Å². The number of morpholine rings is 1. The third-order valence-corrected chi connectivity index (χ3v) is 3.34. The van der Waals surface area contributed by atoms with E-state index in [-0.39, 0.29) is 11.9 Å². The number of nitrogens with one attached hydrogen (secondary N) is 1. The summed E-state index contributed by atoms with van der Waals surface area (Å²) in [5, 5.41) is 3.46. The van der Waals surface area contributed by atoms with Gasteiger partial charge in [0.25, 0.3) is 5.91 Å². The summed E-state index contributed by atoms with van der Waals surface area (Å²) >= 11 is 6.09. The van der Waals surface area contributed by atoms with E-state index in [4.69, 9.17) is 16.3 Å². The normalized spacial score (nSPS) is 19.3. The molecule has 1 unspecified atom stereocenters. The van der Waals surface area contributed by atoms with Gasteiger partial charge in [-0.1, -0.05) is 11.6 Å². The maximum Gasteiger partial charge on any atom is 0.274 e. The molecule has 0 bridgehead atoms. The summed E-state index contributed by atoms with van der Waals surface area (Å²) < 4.78 is 5.33. The number of aromatic nitrogens is 1. The maximum atomic E-state index is 12.5. The molecule has 2 heterocycles. The average molecular weight is 284 g/mol. The molecule has 0 spiro atoms. The van der Waals surface area contributed by atoms with Crippen LogP contribution in [0.2, 0.25) is 5.02 Å². The molecule has 1 saturated heterocycles. The highest BCUT2D eigenvalue weighted by molar-refractivity contribution is 6.33. The highest BCUT2D eigenvalue weighted by Gasteiger charge is 2.27.